The van der Waals surface area contributed by atoms with Crippen molar-refractivity contribution in [2.75, 3.05) is 18.5 Å². The second kappa shape index (κ2) is 7.94. The first kappa shape index (κ1) is 20.0. The van der Waals surface area contributed by atoms with Gasteiger partial charge in [-0.15, -0.1) is 6.58 Å². The number of benzene rings is 1. The minimum absolute atomic E-state index is 0.0794. The normalized spacial score (nSPS) is 17.1. The molecule has 0 aromatic heterocycles. The van der Waals surface area contributed by atoms with E-state index in [0.717, 1.165) is 23.2 Å². The number of hydrogen-bond donors (Lipinski definition) is 0. The third-order valence-corrected chi connectivity index (χ3v) is 4.46. The molecule has 5 heteroatoms. The number of likely N-dealkylation sites (tertiary alicyclic amines) is 1. The highest BCUT2D eigenvalue weighted by Gasteiger charge is 2.38. The van der Waals surface area contributed by atoms with Crippen molar-refractivity contribution in [1.29, 1.82) is 0 Å². The molecule has 1 saturated heterocycles. The van der Waals surface area contributed by atoms with E-state index in [-0.39, 0.29) is 5.91 Å². The van der Waals surface area contributed by atoms with Crippen molar-refractivity contribution in [3.63, 3.8) is 0 Å². The van der Waals surface area contributed by atoms with Crippen LogP contribution >= 0.6 is 0 Å². The fraction of sp³-hybridized carbons (Fsp3) is 0.524. The summed E-state index contributed by atoms with van der Waals surface area (Å²) in [6, 6.07) is 5.58. The Bertz CT molecular complexity index is 691. The number of anilines is 1. The van der Waals surface area contributed by atoms with Crippen molar-refractivity contribution in [2.45, 2.75) is 58.6 Å². The quantitative estimate of drug-likeness (QED) is 0.762. The summed E-state index contributed by atoms with van der Waals surface area (Å²) < 4.78 is 5.47. The Morgan fingerprint density at radius 1 is 1.38 bits per heavy atom. The number of hydrogen-bond acceptors (Lipinski definition) is 3. The van der Waals surface area contributed by atoms with Crippen LogP contribution in [0.2, 0.25) is 0 Å². The standard InChI is InChI=1S/C21H30N2O3/c1-7-9-16-12-11-15(2)14-18(16)22(6)19(24)17-10-8-13-23(17)20(25)26-21(3,4)5/h7,11-12,14,17H,1,8-10,13H2,2-6H3/t17-/m0/s1. The second-order valence-corrected chi connectivity index (χ2v) is 7.85. The van der Waals surface area contributed by atoms with Crippen molar-refractivity contribution in [2.24, 2.45) is 0 Å². The molecule has 0 aliphatic carbocycles. The lowest BCUT2D eigenvalue weighted by Crippen LogP contribution is -2.48. The van der Waals surface area contributed by atoms with Gasteiger partial charge in [0.05, 0.1) is 0 Å². The van der Waals surface area contributed by atoms with Crippen LogP contribution in [-0.2, 0) is 16.0 Å². The Morgan fingerprint density at radius 2 is 2.08 bits per heavy atom. The molecule has 0 spiro atoms. The van der Waals surface area contributed by atoms with Crippen LogP contribution < -0.4 is 4.90 Å². The van der Waals surface area contributed by atoms with Gasteiger partial charge in [-0.25, -0.2) is 4.79 Å². The Labute approximate surface area is 156 Å². The van der Waals surface area contributed by atoms with Crippen LogP contribution in [0.4, 0.5) is 10.5 Å². The average Bonchev–Trinajstić information content (AvgIpc) is 3.03. The number of amides is 2. The summed E-state index contributed by atoms with van der Waals surface area (Å²) in [7, 11) is 1.77. The Hall–Kier alpha value is -2.30. The van der Waals surface area contributed by atoms with Crippen LogP contribution in [0.25, 0.3) is 0 Å². The molecule has 0 unspecified atom stereocenters. The number of likely N-dealkylation sites (N-methyl/N-ethyl adjacent to an activating group) is 1. The maximum Gasteiger partial charge on any atom is 0.410 e. The topological polar surface area (TPSA) is 49.9 Å². The maximum absolute atomic E-state index is 13.1. The number of carbonyl (C=O) groups is 2. The molecule has 1 aliphatic rings. The van der Waals surface area contributed by atoms with Gasteiger partial charge in [0.1, 0.15) is 11.6 Å². The van der Waals surface area contributed by atoms with Gasteiger partial charge >= 0.3 is 6.09 Å². The van der Waals surface area contributed by atoms with Crippen molar-refractivity contribution in [3.05, 3.63) is 42.0 Å². The number of ether oxygens (including phenoxy) is 1. The van der Waals surface area contributed by atoms with E-state index >= 15 is 0 Å². The molecule has 0 radical (unpaired) electrons. The first-order chi connectivity index (χ1) is 12.1. The van der Waals surface area contributed by atoms with E-state index in [4.69, 9.17) is 4.74 Å². The molecule has 1 atom stereocenters. The van der Waals surface area contributed by atoms with Gasteiger partial charge in [-0.05, 0) is 64.2 Å². The molecule has 0 saturated carbocycles. The summed E-state index contributed by atoms with van der Waals surface area (Å²) in [6.07, 6.45) is 3.56. The number of carbonyl (C=O) groups excluding carboxylic acids is 2. The molecule has 1 fully saturated rings. The van der Waals surface area contributed by atoms with Gasteiger partial charge in [0.25, 0.3) is 0 Å². The Kier molecular flexibility index (Phi) is 6.11. The summed E-state index contributed by atoms with van der Waals surface area (Å²) in [5.41, 5.74) is 2.42. The highest BCUT2D eigenvalue weighted by molar-refractivity contribution is 5.99. The molecule has 1 aromatic rings. The molecular formula is C21H30N2O3. The summed E-state index contributed by atoms with van der Waals surface area (Å²) in [5, 5.41) is 0. The number of aryl methyl sites for hydroxylation is 1. The van der Waals surface area contributed by atoms with Gasteiger partial charge in [0.15, 0.2) is 0 Å². The van der Waals surface area contributed by atoms with E-state index < -0.39 is 17.7 Å². The summed E-state index contributed by atoms with van der Waals surface area (Å²) in [5.74, 6) is -0.0794. The molecule has 2 rings (SSSR count). The fourth-order valence-electron chi connectivity index (χ4n) is 3.22. The first-order valence-corrected chi connectivity index (χ1v) is 9.11. The zero-order valence-corrected chi connectivity index (χ0v) is 16.5. The average molecular weight is 358 g/mol. The lowest BCUT2D eigenvalue weighted by atomic mass is 10.0. The van der Waals surface area contributed by atoms with Gasteiger partial charge < -0.3 is 9.64 Å². The lowest BCUT2D eigenvalue weighted by Gasteiger charge is -2.31. The molecule has 5 nitrogen and oxygen atoms in total. The number of allylic oxidation sites excluding steroid dienone is 1. The molecule has 0 bridgehead atoms. The monoisotopic (exact) mass is 358 g/mol. The van der Waals surface area contributed by atoms with Crippen molar-refractivity contribution in [1.82, 2.24) is 4.90 Å². The Balaban J connectivity index is 2.23. The Morgan fingerprint density at radius 3 is 2.69 bits per heavy atom. The van der Waals surface area contributed by atoms with E-state index in [1.807, 2.05) is 52.0 Å². The van der Waals surface area contributed by atoms with Crippen LogP contribution in [0.3, 0.4) is 0 Å². The molecule has 0 N–H and O–H groups in total. The van der Waals surface area contributed by atoms with Crippen molar-refractivity contribution >= 4 is 17.7 Å². The van der Waals surface area contributed by atoms with E-state index in [1.165, 1.54) is 0 Å². The minimum Gasteiger partial charge on any atom is -0.444 e. The zero-order valence-electron chi connectivity index (χ0n) is 16.5. The summed E-state index contributed by atoms with van der Waals surface area (Å²) in [4.78, 5) is 28.9. The van der Waals surface area contributed by atoms with E-state index in [0.29, 0.717) is 19.4 Å². The molecule has 142 valence electrons. The predicted octanol–water partition coefficient (Wildman–Crippen LogP) is 4.09. The van der Waals surface area contributed by atoms with Crippen LogP contribution in [0.1, 0.15) is 44.7 Å². The van der Waals surface area contributed by atoms with Gasteiger partial charge in [-0.1, -0.05) is 18.2 Å². The number of rotatable bonds is 4. The molecule has 1 aromatic carbocycles. The van der Waals surface area contributed by atoms with Crippen LogP contribution in [0.5, 0.6) is 0 Å². The minimum atomic E-state index is -0.577. The molecule has 26 heavy (non-hydrogen) atoms. The van der Waals surface area contributed by atoms with Crippen LogP contribution in [0.15, 0.2) is 30.9 Å². The maximum atomic E-state index is 13.1. The number of nitrogens with zero attached hydrogens (tertiary/aromatic N) is 2. The first-order valence-electron chi connectivity index (χ1n) is 9.11. The van der Waals surface area contributed by atoms with E-state index in [9.17, 15) is 9.59 Å². The fourth-order valence-corrected chi connectivity index (χ4v) is 3.22. The van der Waals surface area contributed by atoms with Gasteiger partial charge in [-0.2, -0.15) is 0 Å². The molecule has 1 heterocycles. The van der Waals surface area contributed by atoms with Gasteiger partial charge in [-0.3, -0.25) is 9.69 Å². The molecular weight excluding hydrogens is 328 g/mol. The zero-order chi connectivity index (χ0) is 19.5. The largest absolute Gasteiger partial charge is 0.444 e. The van der Waals surface area contributed by atoms with Crippen LogP contribution in [0, 0.1) is 6.92 Å². The SMILES string of the molecule is C=CCc1ccc(C)cc1N(C)C(=O)[C@@H]1CCCN1C(=O)OC(C)(C)C. The lowest BCUT2D eigenvalue weighted by molar-refractivity contribution is -0.122. The van der Waals surface area contributed by atoms with Crippen LogP contribution in [-0.4, -0.2) is 42.1 Å². The van der Waals surface area contributed by atoms with E-state index in [2.05, 4.69) is 6.58 Å². The highest BCUT2D eigenvalue weighted by atomic mass is 16.6. The van der Waals surface area contributed by atoms with Gasteiger partial charge in [0, 0.05) is 19.3 Å². The second-order valence-electron chi connectivity index (χ2n) is 7.85. The molecule has 2 amide bonds. The summed E-state index contributed by atoms with van der Waals surface area (Å²) >= 11 is 0. The van der Waals surface area contributed by atoms with Crippen molar-refractivity contribution < 1.29 is 14.3 Å². The third-order valence-electron chi connectivity index (χ3n) is 4.46. The predicted molar refractivity (Wildman–Crippen MR) is 104 cm³/mol. The smallest absolute Gasteiger partial charge is 0.410 e. The molecule has 1 aliphatic heterocycles. The summed E-state index contributed by atoms with van der Waals surface area (Å²) in [6.45, 7) is 11.8. The van der Waals surface area contributed by atoms with Crippen molar-refractivity contribution in [3.8, 4) is 0 Å². The highest BCUT2D eigenvalue weighted by Crippen LogP contribution is 2.27. The van der Waals surface area contributed by atoms with Gasteiger partial charge in [0.2, 0.25) is 5.91 Å². The van der Waals surface area contributed by atoms with E-state index in [1.54, 1.807) is 16.8 Å². The third kappa shape index (κ3) is 4.65.